The minimum absolute atomic E-state index is 0.129. The minimum atomic E-state index is -0.129. The Kier molecular flexibility index (Phi) is 5.00. The van der Waals surface area contributed by atoms with Crippen LogP contribution in [-0.4, -0.2) is 19.2 Å². The van der Waals surface area contributed by atoms with Gasteiger partial charge in [0.15, 0.2) is 0 Å². The highest BCUT2D eigenvalue weighted by Crippen LogP contribution is 2.34. The van der Waals surface area contributed by atoms with E-state index in [4.69, 9.17) is 4.74 Å². The van der Waals surface area contributed by atoms with Crippen LogP contribution in [0.4, 0.5) is 0 Å². The van der Waals surface area contributed by atoms with Crippen molar-refractivity contribution < 1.29 is 4.74 Å². The van der Waals surface area contributed by atoms with Crippen molar-refractivity contribution in [3.05, 3.63) is 35.4 Å². The normalized spacial score (nSPS) is 27.4. The summed E-state index contributed by atoms with van der Waals surface area (Å²) in [4.78, 5) is 0. The van der Waals surface area contributed by atoms with Crippen LogP contribution in [0.15, 0.2) is 24.3 Å². The molecule has 0 saturated carbocycles. The molecule has 2 atom stereocenters. The van der Waals surface area contributed by atoms with Gasteiger partial charge in [0.1, 0.15) is 0 Å². The Bertz CT molecular complexity index is 387. The molecule has 19 heavy (non-hydrogen) atoms. The summed E-state index contributed by atoms with van der Waals surface area (Å²) in [5.74, 6) is 0. The van der Waals surface area contributed by atoms with Crippen molar-refractivity contribution in [3.63, 3.8) is 0 Å². The van der Waals surface area contributed by atoms with E-state index in [1.807, 2.05) is 0 Å². The maximum Gasteiger partial charge on any atom is 0.0918 e. The smallest absolute Gasteiger partial charge is 0.0918 e. The summed E-state index contributed by atoms with van der Waals surface area (Å²) in [5, 5.41) is 3.64. The van der Waals surface area contributed by atoms with Crippen LogP contribution in [0.25, 0.3) is 0 Å². The van der Waals surface area contributed by atoms with Gasteiger partial charge < -0.3 is 10.1 Å². The fraction of sp³-hybridized carbons (Fsp3) is 0.647. The molecule has 106 valence electrons. The van der Waals surface area contributed by atoms with E-state index in [1.54, 1.807) is 0 Å². The van der Waals surface area contributed by atoms with Crippen molar-refractivity contribution >= 4 is 0 Å². The third kappa shape index (κ3) is 3.58. The first-order valence-electron chi connectivity index (χ1n) is 7.64. The van der Waals surface area contributed by atoms with Gasteiger partial charge in [0.25, 0.3) is 0 Å². The first-order chi connectivity index (χ1) is 9.18. The van der Waals surface area contributed by atoms with E-state index in [1.165, 1.54) is 17.5 Å². The molecule has 2 rings (SSSR count). The van der Waals surface area contributed by atoms with E-state index in [0.717, 1.165) is 32.4 Å². The molecule has 0 amide bonds. The summed E-state index contributed by atoms with van der Waals surface area (Å²) in [6.07, 6.45) is 4.49. The highest BCUT2D eigenvalue weighted by atomic mass is 16.5. The Morgan fingerprint density at radius 3 is 2.63 bits per heavy atom. The van der Waals surface area contributed by atoms with Crippen LogP contribution in [0.3, 0.4) is 0 Å². The minimum Gasteiger partial charge on any atom is -0.370 e. The quantitative estimate of drug-likeness (QED) is 0.873. The molecule has 0 bridgehead atoms. The monoisotopic (exact) mass is 261 g/mol. The van der Waals surface area contributed by atoms with Gasteiger partial charge in [-0.3, -0.25) is 0 Å². The van der Waals surface area contributed by atoms with E-state index in [9.17, 15) is 0 Å². The van der Waals surface area contributed by atoms with Crippen molar-refractivity contribution in [1.82, 2.24) is 5.32 Å². The molecule has 0 aliphatic carbocycles. The zero-order valence-corrected chi connectivity index (χ0v) is 12.5. The highest BCUT2D eigenvalue weighted by molar-refractivity contribution is 5.27. The Balaban J connectivity index is 2.07. The molecule has 1 aromatic rings. The molecular weight excluding hydrogens is 234 g/mol. The summed E-state index contributed by atoms with van der Waals surface area (Å²) in [6, 6.07) is 9.52. The van der Waals surface area contributed by atoms with Gasteiger partial charge in [-0.1, -0.05) is 38.1 Å². The molecule has 0 aromatic heterocycles. The highest BCUT2D eigenvalue weighted by Gasteiger charge is 2.34. The summed E-state index contributed by atoms with van der Waals surface area (Å²) in [6.45, 7) is 8.60. The van der Waals surface area contributed by atoms with Crippen LogP contribution in [-0.2, 0) is 16.8 Å². The summed E-state index contributed by atoms with van der Waals surface area (Å²) < 4.78 is 6.10. The van der Waals surface area contributed by atoms with Gasteiger partial charge in [-0.25, -0.2) is 0 Å². The van der Waals surface area contributed by atoms with Gasteiger partial charge in [-0.15, -0.1) is 0 Å². The molecule has 0 radical (unpaired) electrons. The number of aryl methyl sites for hydroxylation is 1. The summed E-state index contributed by atoms with van der Waals surface area (Å²) in [7, 11) is 0. The molecule has 1 N–H and O–H groups in total. The number of rotatable bonds is 5. The second-order valence-electron chi connectivity index (χ2n) is 5.77. The molecule has 0 spiro atoms. The second kappa shape index (κ2) is 6.53. The third-order valence-electron chi connectivity index (χ3n) is 4.18. The van der Waals surface area contributed by atoms with Crippen LogP contribution < -0.4 is 5.32 Å². The lowest BCUT2D eigenvalue weighted by atomic mass is 9.85. The lowest BCUT2D eigenvalue weighted by molar-refractivity contribution is -0.0812. The molecule has 1 aliphatic rings. The van der Waals surface area contributed by atoms with Crippen LogP contribution in [0.1, 0.15) is 51.2 Å². The number of hydrogen-bond acceptors (Lipinski definition) is 2. The first-order valence-corrected chi connectivity index (χ1v) is 7.64. The van der Waals surface area contributed by atoms with E-state index in [0.29, 0.717) is 6.04 Å². The molecule has 1 aromatic carbocycles. The zero-order chi connectivity index (χ0) is 13.7. The molecule has 1 aliphatic heterocycles. The van der Waals surface area contributed by atoms with Gasteiger partial charge in [-0.05, 0) is 50.3 Å². The Morgan fingerprint density at radius 1 is 1.26 bits per heavy atom. The van der Waals surface area contributed by atoms with Crippen molar-refractivity contribution in [1.29, 1.82) is 0 Å². The number of nitrogens with one attached hydrogen (secondary N) is 1. The molecule has 1 heterocycles. The fourth-order valence-electron chi connectivity index (χ4n) is 2.87. The zero-order valence-electron chi connectivity index (χ0n) is 12.5. The van der Waals surface area contributed by atoms with Crippen molar-refractivity contribution in [3.8, 4) is 0 Å². The van der Waals surface area contributed by atoms with Gasteiger partial charge in [0.2, 0.25) is 0 Å². The van der Waals surface area contributed by atoms with E-state index in [-0.39, 0.29) is 5.60 Å². The molecule has 2 heteroatoms. The molecule has 2 nitrogen and oxygen atoms in total. The predicted molar refractivity (Wildman–Crippen MR) is 80.4 cm³/mol. The lowest BCUT2D eigenvalue weighted by Gasteiger charge is -2.39. The maximum atomic E-state index is 6.10. The van der Waals surface area contributed by atoms with E-state index >= 15 is 0 Å². The summed E-state index contributed by atoms with van der Waals surface area (Å²) >= 11 is 0. The second-order valence-corrected chi connectivity index (χ2v) is 5.77. The van der Waals surface area contributed by atoms with E-state index < -0.39 is 0 Å². The Hall–Kier alpha value is -0.860. The van der Waals surface area contributed by atoms with Crippen LogP contribution >= 0.6 is 0 Å². The standard InChI is InChI=1S/C17H27NO/c1-4-11-18-16-10-12-19-17(3,13-16)15-8-6-14(5-2)7-9-15/h6-9,16,18H,4-5,10-13H2,1-3H3. The van der Waals surface area contributed by atoms with Crippen LogP contribution in [0.2, 0.25) is 0 Å². The first kappa shape index (κ1) is 14.5. The van der Waals surface area contributed by atoms with Gasteiger partial charge >= 0.3 is 0 Å². The van der Waals surface area contributed by atoms with Gasteiger partial charge in [-0.2, -0.15) is 0 Å². The number of benzene rings is 1. The lowest BCUT2D eigenvalue weighted by Crippen LogP contribution is -2.44. The molecule has 2 unspecified atom stereocenters. The average molecular weight is 261 g/mol. The number of ether oxygens (including phenoxy) is 1. The number of hydrogen-bond donors (Lipinski definition) is 1. The fourth-order valence-corrected chi connectivity index (χ4v) is 2.87. The molecule has 1 fully saturated rings. The largest absolute Gasteiger partial charge is 0.370 e. The third-order valence-corrected chi connectivity index (χ3v) is 4.18. The van der Waals surface area contributed by atoms with Crippen molar-refractivity contribution in [2.45, 2.75) is 58.1 Å². The topological polar surface area (TPSA) is 21.3 Å². The maximum absolute atomic E-state index is 6.10. The van der Waals surface area contributed by atoms with Crippen LogP contribution in [0, 0.1) is 0 Å². The molecular formula is C17H27NO. The van der Waals surface area contributed by atoms with E-state index in [2.05, 4.69) is 50.4 Å². The Labute approximate surface area is 117 Å². The van der Waals surface area contributed by atoms with Crippen molar-refractivity contribution in [2.24, 2.45) is 0 Å². The SMILES string of the molecule is CCCNC1CCOC(C)(c2ccc(CC)cc2)C1. The summed E-state index contributed by atoms with van der Waals surface area (Å²) in [5.41, 5.74) is 2.58. The molecule has 1 saturated heterocycles. The van der Waals surface area contributed by atoms with Crippen LogP contribution in [0.5, 0.6) is 0 Å². The van der Waals surface area contributed by atoms with Crippen molar-refractivity contribution in [2.75, 3.05) is 13.2 Å². The Morgan fingerprint density at radius 2 is 2.00 bits per heavy atom. The van der Waals surface area contributed by atoms with Gasteiger partial charge in [0.05, 0.1) is 5.60 Å². The predicted octanol–water partition coefficient (Wildman–Crippen LogP) is 3.64. The van der Waals surface area contributed by atoms with Gasteiger partial charge in [0, 0.05) is 12.6 Å². The average Bonchev–Trinajstić information content (AvgIpc) is 2.45.